The third-order valence-electron chi connectivity index (χ3n) is 3.81. The van der Waals surface area contributed by atoms with Gasteiger partial charge in [0.15, 0.2) is 0 Å². The van der Waals surface area contributed by atoms with E-state index in [-0.39, 0.29) is 5.04 Å². The van der Waals surface area contributed by atoms with Gasteiger partial charge in [-0.05, 0) is 55.4 Å². The quantitative estimate of drug-likeness (QED) is 0.565. The van der Waals surface area contributed by atoms with Crippen LogP contribution in [0.2, 0.25) is 18.1 Å². The molecule has 106 valence electrons. The normalized spacial score (nSPS) is 13.3. The first-order valence-corrected chi connectivity index (χ1v) is 9.62. The van der Waals surface area contributed by atoms with Gasteiger partial charge in [0, 0.05) is 5.56 Å². The summed E-state index contributed by atoms with van der Waals surface area (Å²) in [6.07, 6.45) is 2.04. The smallest absolute Gasteiger partial charge is 0.250 e. The van der Waals surface area contributed by atoms with Crippen LogP contribution < -0.4 is 4.74 Å². The van der Waals surface area contributed by atoms with Gasteiger partial charge in [-0.3, -0.25) is 0 Å². The lowest BCUT2D eigenvalue weighted by atomic mass is 10.2. The zero-order valence-corrected chi connectivity index (χ0v) is 14.2. The van der Waals surface area contributed by atoms with Gasteiger partial charge in [-0.2, -0.15) is 0 Å². The molecule has 0 unspecified atom stereocenters. The number of hydrogen-bond acceptors (Lipinski definition) is 2. The average molecular weight is 278 g/mol. The van der Waals surface area contributed by atoms with Crippen molar-refractivity contribution in [3.05, 3.63) is 35.9 Å². The van der Waals surface area contributed by atoms with Crippen molar-refractivity contribution in [1.29, 1.82) is 0 Å². The summed E-state index contributed by atoms with van der Waals surface area (Å²) in [4.78, 5) is 0. The van der Waals surface area contributed by atoms with Crippen LogP contribution in [0.4, 0.5) is 0 Å². The van der Waals surface area contributed by atoms with Crippen molar-refractivity contribution < 1.29 is 9.16 Å². The minimum atomic E-state index is -1.79. The summed E-state index contributed by atoms with van der Waals surface area (Å²) < 4.78 is 11.6. The fourth-order valence-electron chi connectivity index (χ4n) is 1.47. The molecule has 1 rings (SSSR count). The molecule has 0 aliphatic heterocycles. The summed E-state index contributed by atoms with van der Waals surface area (Å²) in [6, 6.07) is 8.02. The molecular formula is C16H26O2Si. The molecule has 1 aromatic rings. The van der Waals surface area contributed by atoms with Crippen molar-refractivity contribution in [3.63, 3.8) is 0 Å². The van der Waals surface area contributed by atoms with E-state index >= 15 is 0 Å². The second kappa shape index (κ2) is 5.82. The minimum Gasteiger partial charge on any atom is -0.543 e. The Morgan fingerprint density at radius 1 is 1.11 bits per heavy atom. The maximum absolute atomic E-state index is 6.37. The first-order valence-electron chi connectivity index (χ1n) is 6.71. The van der Waals surface area contributed by atoms with Crippen LogP contribution in [-0.2, 0) is 4.43 Å². The Bertz CT molecular complexity index is 439. The molecule has 0 spiro atoms. The lowest BCUT2D eigenvalue weighted by Crippen LogP contribution is -2.40. The van der Waals surface area contributed by atoms with Gasteiger partial charge < -0.3 is 9.16 Å². The molecule has 0 radical (unpaired) electrons. The molecular weight excluding hydrogens is 252 g/mol. The molecule has 0 saturated heterocycles. The minimum absolute atomic E-state index is 0.202. The van der Waals surface area contributed by atoms with Crippen molar-refractivity contribution in [3.8, 4) is 5.75 Å². The van der Waals surface area contributed by atoms with Crippen molar-refractivity contribution >= 4 is 14.1 Å². The van der Waals surface area contributed by atoms with E-state index in [0.717, 1.165) is 17.1 Å². The molecule has 0 amide bonds. The van der Waals surface area contributed by atoms with Crippen LogP contribution in [0.3, 0.4) is 0 Å². The zero-order valence-electron chi connectivity index (χ0n) is 13.2. The van der Waals surface area contributed by atoms with Crippen molar-refractivity contribution in [1.82, 2.24) is 0 Å². The second-order valence-corrected chi connectivity index (χ2v) is 11.0. The largest absolute Gasteiger partial charge is 0.543 e. The van der Waals surface area contributed by atoms with Gasteiger partial charge >= 0.3 is 0 Å². The number of methoxy groups -OCH3 is 1. The third kappa shape index (κ3) is 3.87. The average Bonchev–Trinajstić information content (AvgIpc) is 2.35. The molecule has 2 nitrogen and oxygen atoms in total. The van der Waals surface area contributed by atoms with E-state index in [9.17, 15) is 0 Å². The van der Waals surface area contributed by atoms with Crippen LogP contribution in [0.25, 0.3) is 5.76 Å². The van der Waals surface area contributed by atoms with Crippen LogP contribution in [0.5, 0.6) is 5.75 Å². The van der Waals surface area contributed by atoms with Crippen molar-refractivity contribution in [2.24, 2.45) is 0 Å². The molecule has 0 heterocycles. The summed E-state index contributed by atoms with van der Waals surface area (Å²) in [5.41, 5.74) is 1.10. The van der Waals surface area contributed by atoms with Crippen LogP contribution in [0.15, 0.2) is 30.3 Å². The molecule has 0 N–H and O–H groups in total. The van der Waals surface area contributed by atoms with E-state index in [1.165, 1.54) is 0 Å². The van der Waals surface area contributed by atoms with Crippen LogP contribution in [-0.4, -0.2) is 15.4 Å². The third-order valence-corrected chi connectivity index (χ3v) is 8.15. The van der Waals surface area contributed by atoms with Crippen molar-refractivity contribution in [2.75, 3.05) is 7.11 Å². The lowest BCUT2D eigenvalue weighted by molar-refractivity contribution is 0.414. The summed E-state index contributed by atoms with van der Waals surface area (Å²) in [6.45, 7) is 13.3. The van der Waals surface area contributed by atoms with Gasteiger partial charge in [0.2, 0.25) is 8.32 Å². The molecule has 0 aromatic heterocycles. The second-order valence-electron chi connectivity index (χ2n) is 6.24. The Labute approximate surface area is 118 Å². The summed E-state index contributed by atoms with van der Waals surface area (Å²) in [5.74, 6) is 1.83. The molecule has 0 saturated carbocycles. The molecule has 1 aromatic carbocycles. The van der Waals surface area contributed by atoms with E-state index in [2.05, 4.69) is 33.9 Å². The van der Waals surface area contributed by atoms with Gasteiger partial charge in [0.1, 0.15) is 11.5 Å². The summed E-state index contributed by atoms with van der Waals surface area (Å²) >= 11 is 0. The highest BCUT2D eigenvalue weighted by Crippen LogP contribution is 2.39. The van der Waals surface area contributed by atoms with Gasteiger partial charge in [0.25, 0.3) is 0 Å². The number of ether oxygens (including phenoxy) is 1. The highest BCUT2D eigenvalue weighted by molar-refractivity contribution is 6.74. The predicted molar refractivity (Wildman–Crippen MR) is 84.9 cm³/mol. The van der Waals surface area contributed by atoms with E-state index in [1.807, 2.05) is 37.3 Å². The predicted octanol–water partition coefficient (Wildman–Crippen LogP) is 5.08. The first-order chi connectivity index (χ1) is 8.71. The highest BCUT2D eigenvalue weighted by atomic mass is 28.4. The zero-order chi connectivity index (χ0) is 14.7. The maximum Gasteiger partial charge on any atom is 0.250 e. The monoisotopic (exact) mass is 278 g/mol. The number of hydrogen-bond donors (Lipinski definition) is 0. The molecule has 0 atom stereocenters. The van der Waals surface area contributed by atoms with Gasteiger partial charge in [-0.15, -0.1) is 0 Å². The van der Waals surface area contributed by atoms with E-state index < -0.39 is 8.32 Å². The highest BCUT2D eigenvalue weighted by Gasteiger charge is 2.39. The van der Waals surface area contributed by atoms with Crippen LogP contribution in [0, 0.1) is 0 Å². The molecule has 19 heavy (non-hydrogen) atoms. The van der Waals surface area contributed by atoms with E-state index in [0.29, 0.717) is 0 Å². The first kappa shape index (κ1) is 15.8. The molecule has 0 aliphatic carbocycles. The van der Waals surface area contributed by atoms with Gasteiger partial charge in [-0.25, -0.2) is 0 Å². The molecule has 0 bridgehead atoms. The topological polar surface area (TPSA) is 18.5 Å². The summed E-state index contributed by atoms with van der Waals surface area (Å²) in [7, 11) is -0.115. The van der Waals surface area contributed by atoms with Crippen molar-refractivity contribution in [2.45, 2.75) is 45.8 Å². The summed E-state index contributed by atoms with van der Waals surface area (Å²) in [5, 5.41) is 0.202. The SMILES string of the molecule is C/C=C(/O[Si](C)(C)C(C)(C)C)c1ccc(OC)cc1. The van der Waals surface area contributed by atoms with Crippen LogP contribution >= 0.6 is 0 Å². The lowest BCUT2D eigenvalue weighted by Gasteiger charge is -2.37. The van der Waals surface area contributed by atoms with Gasteiger partial charge in [0.05, 0.1) is 7.11 Å². The van der Waals surface area contributed by atoms with E-state index in [1.54, 1.807) is 7.11 Å². The fraction of sp³-hybridized carbons (Fsp3) is 0.500. The Morgan fingerprint density at radius 3 is 2.00 bits per heavy atom. The Balaban J connectivity index is 2.96. The molecule has 3 heteroatoms. The number of rotatable bonds is 4. The number of allylic oxidation sites excluding steroid dienone is 1. The Morgan fingerprint density at radius 2 is 1.63 bits per heavy atom. The van der Waals surface area contributed by atoms with Gasteiger partial charge in [-0.1, -0.05) is 20.8 Å². The molecule has 0 fully saturated rings. The maximum atomic E-state index is 6.37. The number of benzene rings is 1. The van der Waals surface area contributed by atoms with Crippen LogP contribution in [0.1, 0.15) is 33.3 Å². The molecule has 0 aliphatic rings. The fourth-order valence-corrected chi connectivity index (χ4v) is 2.56. The standard InChI is InChI=1S/C16H26O2Si/c1-8-15(18-19(6,7)16(2,3)4)13-9-11-14(17-5)12-10-13/h8-12H,1-7H3/b15-8+. The Kier molecular flexibility index (Phi) is 4.85. The Hall–Kier alpha value is -1.22. The van der Waals surface area contributed by atoms with E-state index in [4.69, 9.17) is 9.16 Å².